The molecule has 4 heterocycles. The van der Waals surface area contributed by atoms with Crippen LogP contribution in [0.5, 0.6) is 0 Å². The monoisotopic (exact) mass is 2020 g/mol. The van der Waals surface area contributed by atoms with Gasteiger partial charge in [-0.05, 0) is 128 Å². The number of aryl methyl sites for hydroxylation is 3. The second-order valence-corrected chi connectivity index (χ2v) is 23.1. The van der Waals surface area contributed by atoms with E-state index in [1.165, 1.54) is 115 Å². The average Bonchev–Trinajstić information content (AvgIpc) is 1.58. The second-order valence-electron chi connectivity index (χ2n) is 23.1. The summed E-state index contributed by atoms with van der Waals surface area (Å²) >= 11 is 0. The number of carbonyl (C=O) groups is 3. The van der Waals surface area contributed by atoms with Gasteiger partial charge in [-0.2, -0.15) is 0 Å². The zero-order valence-corrected chi connectivity index (χ0v) is 66.5. The van der Waals surface area contributed by atoms with Gasteiger partial charge in [0.15, 0.2) is 17.3 Å². The third-order valence-corrected chi connectivity index (χ3v) is 14.4. The van der Waals surface area contributed by atoms with Crippen LogP contribution in [-0.4, -0.2) is 52.6 Å². The van der Waals surface area contributed by atoms with Gasteiger partial charge in [0.05, 0.1) is 28.3 Å². The van der Waals surface area contributed by atoms with Crippen molar-refractivity contribution in [2.75, 3.05) is 0 Å². The largest absolute Gasteiger partial charge is 0.512 e. The van der Waals surface area contributed by atoms with E-state index in [0.29, 0.717) is 0 Å². The number of aliphatic hydroxyl groups excluding tert-OH is 3. The van der Waals surface area contributed by atoms with Crippen molar-refractivity contribution in [3.63, 3.8) is 0 Å². The van der Waals surface area contributed by atoms with E-state index in [-0.39, 0.29) is 120 Å². The number of aliphatic hydroxyl groups is 3. The predicted molar refractivity (Wildman–Crippen MR) is 387 cm³/mol. The molecule has 10 nitrogen and oxygen atoms in total. The van der Waals surface area contributed by atoms with Crippen LogP contribution in [0.3, 0.4) is 0 Å². The number of nitrogens with zero attached hydrogens (tertiary/aromatic N) is 4. The van der Waals surface area contributed by atoms with E-state index in [9.17, 15) is 14.4 Å². The standard InChI is InChI=1S/C24H18N.C18H14N.C17H14N.C11H8N.3C5H8O2.4Ir/c1-24(2)20-9-5-4-8-18(20)19-13-11-17(15-21(19)24)23-14-12-16-7-3-6-10-22(16)25-23;1-14-6-5-9-16(12-14)17-10-11-19-18(13-17)15-7-3-2-4-8-15;1-12-9-13(2)11-15(10-12)17-8-7-14-5-3-4-6-16(14)18-17;1-2-6-10(7-3-1)11-8-4-5-9-12-11;3*1-4(6)3-5(2)7;;;;/h3-10,12-15H,1-2H3;2-7,9-13H,1H3;3-10H,1-2H3;1-6,8-9H;3*3,6H,1-2H3;;;;/q4*-1;;;;;;;. The molecule has 1 aliphatic carbocycles. The van der Waals surface area contributed by atoms with Crippen LogP contribution in [-0.2, 0) is 100 Å². The summed E-state index contributed by atoms with van der Waals surface area (Å²) in [6.07, 6.45) is 7.14. The molecule has 1 aliphatic rings. The van der Waals surface area contributed by atoms with Gasteiger partial charge in [0.2, 0.25) is 0 Å². The number of hydrogen-bond acceptors (Lipinski definition) is 10. The van der Waals surface area contributed by atoms with E-state index < -0.39 is 0 Å². The number of para-hydroxylation sites is 2. The topological polar surface area (TPSA) is 163 Å². The Hall–Kier alpha value is -8.89. The van der Waals surface area contributed by atoms with Gasteiger partial charge in [-0.3, -0.25) is 24.4 Å². The van der Waals surface area contributed by atoms with Crippen molar-refractivity contribution in [3.05, 3.63) is 324 Å². The van der Waals surface area contributed by atoms with Crippen molar-refractivity contribution < 1.29 is 110 Å². The number of benzene rings is 8. The van der Waals surface area contributed by atoms with Crippen LogP contribution in [0.1, 0.15) is 83.2 Å². The number of rotatable bonds is 8. The Morgan fingerprint density at radius 1 is 0.394 bits per heavy atom. The van der Waals surface area contributed by atoms with E-state index >= 15 is 0 Å². The molecular formula is C85H78Ir4N4O6-4. The van der Waals surface area contributed by atoms with Gasteiger partial charge in [-0.1, -0.05) is 172 Å². The zero-order valence-electron chi connectivity index (χ0n) is 56.9. The molecule has 0 atom stereocenters. The summed E-state index contributed by atoms with van der Waals surface area (Å²) in [5.41, 5.74) is 21.6. The number of hydrogen-bond donors (Lipinski definition) is 3. The van der Waals surface area contributed by atoms with Crippen LogP contribution in [0.25, 0.3) is 89.1 Å². The van der Waals surface area contributed by atoms with Crippen molar-refractivity contribution >= 4 is 39.2 Å². The Balaban J connectivity index is 0.000000315. The van der Waals surface area contributed by atoms with Crippen molar-refractivity contribution in [2.45, 2.75) is 81.6 Å². The van der Waals surface area contributed by atoms with Crippen molar-refractivity contribution in [1.29, 1.82) is 0 Å². The van der Waals surface area contributed by atoms with Crippen molar-refractivity contribution in [3.8, 4) is 67.3 Å². The number of allylic oxidation sites excluding steroid dienone is 6. The fourth-order valence-electron chi connectivity index (χ4n) is 10.3. The molecule has 13 rings (SSSR count). The number of ketones is 3. The summed E-state index contributed by atoms with van der Waals surface area (Å²) in [4.78, 5) is 48.2. The number of carbonyl (C=O) groups excluding carboxylic acids is 3. The van der Waals surface area contributed by atoms with E-state index in [4.69, 9.17) is 25.3 Å². The number of pyridine rings is 4. The van der Waals surface area contributed by atoms with Crippen LogP contribution < -0.4 is 0 Å². The van der Waals surface area contributed by atoms with Gasteiger partial charge >= 0.3 is 0 Å². The maximum Gasteiger partial charge on any atom is 0.155 e. The summed E-state index contributed by atoms with van der Waals surface area (Å²) in [7, 11) is 0. The Labute approximate surface area is 637 Å². The molecule has 0 fully saturated rings. The van der Waals surface area contributed by atoms with Crippen LogP contribution in [0.15, 0.2) is 272 Å². The summed E-state index contributed by atoms with van der Waals surface area (Å²) in [6, 6.07) is 89.6. The average molecular weight is 2020 g/mol. The van der Waals surface area contributed by atoms with E-state index in [0.717, 1.165) is 61.6 Å². The molecule has 14 heteroatoms. The molecule has 514 valence electrons. The molecule has 8 aromatic carbocycles. The van der Waals surface area contributed by atoms with Gasteiger partial charge < -0.3 is 25.3 Å². The molecule has 0 saturated carbocycles. The predicted octanol–water partition coefficient (Wildman–Crippen LogP) is 20.5. The quantitative estimate of drug-likeness (QED) is 0.0758. The van der Waals surface area contributed by atoms with Gasteiger partial charge in [0, 0.05) is 111 Å². The Bertz CT molecular complexity index is 4540. The molecule has 4 radical (unpaired) electrons. The molecule has 0 amide bonds. The maximum atomic E-state index is 10.0. The maximum absolute atomic E-state index is 10.0. The minimum absolute atomic E-state index is 0. The molecule has 0 bridgehead atoms. The van der Waals surface area contributed by atoms with Crippen LogP contribution >= 0.6 is 0 Å². The first-order valence-electron chi connectivity index (χ1n) is 31.0. The first-order chi connectivity index (χ1) is 45.5. The molecule has 0 spiro atoms. The first kappa shape index (κ1) is 84.3. The third kappa shape index (κ3) is 26.7. The zero-order chi connectivity index (χ0) is 68.4. The molecule has 3 N–H and O–H groups in total. The first-order valence-corrected chi connectivity index (χ1v) is 31.0. The molecule has 12 aromatic rings. The molecule has 4 aromatic heterocycles. The summed E-state index contributed by atoms with van der Waals surface area (Å²) in [5, 5.41) is 27.4. The molecular weight excluding hydrogens is 1940 g/mol. The van der Waals surface area contributed by atoms with E-state index in [1.807, 2.05) is 109 Å². The molecule has 0 aliphatic heterocycles. The van der Waals surface area contributed by atoms with Crippen molar-refractivity contribution in [2.24, 2.45) is 0 Å². The van der Waals surface area contributed by atoms with Crippen LogP contribution in [0, 0.1) is 45.0 Å². The minimum atomic E-state index is -0.125. The van der Waals surface area contributed by atoms with Crippen LogP contribution in [0.2, 0.25) is 0 Å². The van der Waals surface area contributed by atoms with E-state index in [1.54, 1.807) is 6.20 Å². The number of fused-ring (bicyclic) bond motifs is 5. The fourth-order valence-corrected chi connectivity index (χ4v) is 10.3. The van der Waals surface area contributed by atoms with E-state index in [2.05, 4.69) is 190 Å². The third-order valence-electron chi connectivity index (χ3n) is 14.4. The SMILES string of the molecule is CC(=O)C=C(C)O.CC(=O)C=C(C)O.CC(=O)C=C(C)O.CC1(C)c2ccccc2-c2c[c-]c(-c3ccc4ccccc4n3)cc21.Cc1[c-]c(-c2ccc3ccccc3n2)cc(C)c1.Cc1cccc(-c2ccnc(-c3[c-]cccc3)c2)c1.[Ir].[Ir].[Ir].[Ir].[c-]1ccccc1-c1ccccn1. The second kappa shape index (κ2) is 42.1. The Morgan fingerprint density at radius 2 is 0.889 bits per heavy atom. The van der Waals surface area contributed by atoms with Gasteiger partial charge in [-0.25, -0.2) is 0 Å². The molecule has 0 unspecified atom stereocenters. The number of aromatic nitrogens is 4. The summed E-state index contributed by atoms with van der Waals surface area (Å²) in [5.74, 6) is -0.187. The summed E-state index contributed by atoms with van der Waals surface area (Å²) in [6.45, 7) is 19.4. The summed E-state index contributed by atoms with van der Waals surface area (Å²) < 4.78 is 0. The van der Waals surface area contributed by atoms with Crippen LogP contribution in [0.4, 0.5) is 0 Å². The van der Waals surface area contributed by atoms with Gasteiger partial charge in [0.1, 0.15) is 0 Å². The fraction of sp³-hybridized carbons (Fsp3) is 0.141. The molecule has 99 heavy (non-hydrogen) atoms. The minimum Gasteiger partial charge on any atom is -0.512 e. The Morgan fingerprint density at radius 3 is 1.38 bits per heavy atom. The molecule has 0 saturated heterocycles. The van der Waals surface area contributed by atoms with Gasteiger partial charge in [-0.15, -0.1) is 136 Å². The Kier molecular flexibility index (Phi) is 35.9. The van der Waals surface area contributed by atoms with Crippen molar-refractivity contribution in [1.82, 2.24) is 19.9 Å². The normalized spacial score (nSPS) is 11.2. The van der Waals surface area contributed by atoms with Gasteiger partial charge in [0.25, 0.3) is 0 Å². The smallest absolute Gasteiger partial charge is 0.155 e.